The lowest BCUT2D eigenvalue weighted by Gasteiger charge is -2.24. The van der Waals surface area contributed by atoms with E-state index in [1.54, 1.807) is 0 Å². The van der Waals surface area contributed by atoms with Gasteiger partial charge >= 0.3 is 0 Å². The summed E-state index contributed by atoms with van der Waals surface area (Å²) in [5.74, 6) is 0.668. The highest BCUT2D eigenvalue weighted by Gasteiger charge is 2.24. The van der Waals surface area contributed by atoms with Gasteiger partial charge in [-0.2, -0.15) is 0 Å². The Morgan fingerprint density at radius 3 is 1.41 bits per heavy atom. The number of aromatic nitrogens is 2. The molecule has 0 aliphatic carbocycles. The van der Waals surface area contributed by atoms with Crippen LogP contribution in [0.1, 0.15) is 0 Å². The van der Waals surface area contributed by atoms with E-state index < -0.39 is 0 Å². The third kappa shape index (κ3) is 4.30. The number of hydrogen-bond donors (Lipinski definition) is 0. The number of para-hydroxylation sites is 2. The van der Waals surface area contributed by atoms with E-state index in [4.69, 9.17) is 44.2 Å². The zero-order chi connectivity index (χ0) is 31.5. The van der Waals surface area contributed by atoms with Crippen molar-refractivity contribution >= 4 is 99.1 Å². The molecule has 0 N–H and O–H groups in total. The summed E-state index contributed by atoms with van der Waals surface area (Å²) in [6, 6.07) is 43.9. The van der Waals surface area contributed by atoms with Gasteiger partial charge in [0.1, 0.15) is 45.1 Å². The van der Waals surface area contributed by atoms with Crippen LogP contribution in [0.5, 0.6) is 0 Å². The molecule has 0 unspecified atom stereocenters. The van der Waals surface area contributed by atoms with Gasteiger partial charge in [0, 0.05) is 11.3 Å². The number of nitrogens with zero attached hydrogens (tertiary/aromatic N) is 2. The van der Waals surface area contributed by atoms with Crippen molar-refractivity contribution in [2.45, 2.75) is 0 Å². The number of hydrogen-bond acceptors (Lipinski definition) is 1. The lowest BCUT2D eigenvalue weighted by Crippen LogP contribution is -2.56. The summed E-state index contributed by atoms with van der Waals surface area (Å²) >= 11 is 0. The Bertz CT molecular complexity index is 2380. The maximum absolute atomic E-state index is 6.67. The van der Waals surface area contributed by atoms with Crippen LogP contribution in [0.15, 0.2) is 127 Å². The fourth-order valence-corrected chi connectivity index (χ4v) is 6.64. The molecule has 0 aliphatic rings. The molecule has 0 saturated heterocycles. The fraction of sp³-hybridized carbons (Fsp3) is 0. The largest absolute Gasteiger partial charge is 0.294 e. The van der Waals surface area contributed by atoms with Crippen LogP contribution in [0.2, 0.25) is 0 Å². The first-order valence-corrected chi connectivity index (χ1v) is 15.0. The zero-order valence-corrected chi connectivity index (χ0v) is 24.9. The van der Waals surface area contributed by atoms with E-state index in [-0.39, 0.29) is 27.3 Å². The molecule has 202 valence electrons. The quantitative estimate of drug-likeness (QED) is 0.228. The molecule has 0 saturated carbocycles. The number of benzene rings is 7. The minimum absolute atomic E-state index is 0.170. The summed E-state index contributed by atoms with van der Waals surface area (Å²) in [6.07, 6.45) is 0. The van der Waals surface area contributed by atoms with Crippen molar-refractivity contribution in [1.29, 1.82) is 0 Å². The lowest BCUT2D eigenvalue weighted by molar-refractivity contribution is 1.13. The first-order chi connectivity index (χ1) is 22.4. The van der Waals surface area contributed by atoms with E-state index in [1.165, 1.54) is 11.1 Å². The smallest absolute Gasteiger partial charge is 0.146 e. The number of fused-ring (bicyclic) bond motifs is 3. The van der Waals surface area contributed by atoms with E-state index in [0.29, 0.717) is 11.5 Å². The van der Waals surface area contributed by atoms with Gasteiger partial charge in [0.15, 0.2) is 0 Å². The van der Waals surface area contributed by atoms with Crippen molar-refractivity contribution in [3.8, 4) is 39.3 Å². The lowest BCUT2D eigenvalue weighted by atomic mass is 9.61. The average molecular weight is 572 g/mol. The van der Waals surface area contributed by atoms with Crippen LogP contribution < -0.4 is 27.3 Å². The van der Waals surface area contributed by atoms with Gasteiger partial charge in [-0.1, -0.05) is 126 Å². The van der Waals surface area contributed by atoms with Crippen LogP contribution >= 0.6 is 0 Å². The maximum atomic E-state index is 6.67. The Hall–Kier alpha value is -5.15. The SMILES string of the molecule is [B]c1c([B])c([B])c(-n2c(-c3c4ccccc4c(-c4ccc(-c5ccccc5)cc4)c4ccccc34)nc3ccccc32)c([B])c1[B]. The van der Waals surface area contributed by atoms with Gasteiger partial charge < -0.3 is 0 Å². The molecule has 7 heteroatoms. The highest BCUT2D eigenvalue weighted by atomic mass is 15.1. The molecule has 1 aromatic heterocycles. The van der Waals surface area contributed by atoms with Crippen LogP contribution in [0.25, 0.3) is 71.9 Å². The molecule has 10 radical (unpaired) electrons. The predicted octanol–water partition coefficient (Wildman–Crippen LogP) is 4.30. The Morgan fingerprint density at radius 1 is 0.391 bits per heavy atom. The minimum atomic E-state index is 0.170. The van der Waals surface area contributed by atoms with E-state index >= 15 is 0 Å². The molecule has 2 nitrogen and oxygen atoms in total. The molecule has 0 atom stereocenters. The molecule has 0 bridgehead atoms. The molecular formula is C39H21B5N2. The van der Waals surface area contributed by atoms with Gasteiger partial charge in [-0.25, -0.2) is 4.98 Å². The van der Waals surface area contributed by atoms with Crippen LogP contribution in [-0.4, -0.2) is 48.8 Å². The van der Waals surface area contributed by atoms with Crippen molar-refractivity contribution in [2.75, 3.05) is 0 Å². The Kier molecular flexibility index (Phi) is 6.80. The van der Waals surface area contributed by atoms with E-state index in [0.717, 1.165) is 49.3 Å². The van der Waals surface area contributed by atoms with Gasteiger partial charge in [0.2, 0.25) is 0 Å². The molecule has 8 rings (SSSR count). The standard InChI is InChI=1S/C39H21B5N2/c40-33-34(41)36(43)38(37(44)35(33)42)46-30-17-9-8-16-29(30)45-39(46)32-27-14-6-4-12-25(27)31(26-13-5-7-15-28(26)32)24-20-18-23(19-21-24)22-10-2-1-3-11-22/h1-21H. The molecule has 0 aliphatic heterocycles. The van der Waals surface area contributed by atoms with Crippen molar-refractivity contribution in [3.63, 3.8) is 0 Å². The van der Waals surface area contributed by atoms with Crippen LogP contribution in [0.3, 0.4) is 0 Å². The molecule has 8 aromatic rings. The second-order valence-corrected chi connectivity index (χ2v) is 11.5. The van der Waals surface area contributed by atoms with E-state index in [1.807, 2.05) is 34.9 Å². The first kappa shape index (κ1) is 28.3. The van der Waals surface area contributed by atoms with Crippen LogP contribution in [-0.2, 0) is 0 Å². The van der Waals surface area contributed by atoms with Crippen molar-refractivity contribution in [1.82, 2.24) is 9.55 Å². The molecule has 46 heavy (non-hydrogen) atoms. The van der Waals surface area contributed by atoms with Crippen LogP contribution in [0.4, 0.5) is 0 Å². The molecule has 0 amide bonds. The molecule has 7 aromatic carbocycles. The minimum Gasteiger partial charge on any atom is -0.294 e. The summed E-state index contributed by atoms with van der Waals surface area (Å²) in [5.41, 5.74) is 8.66. The van der Waals surface area contributed by atoms with E-state index in [9.17, 15) is 0 Å². The Balaban J connectivity index is 1.47. The molecule has 0 fully saturated rings. The summed E-state index contributed by atoms with van der Waals surface area (Å²) in [4.78, 5) is 5.21. The summed E-state index contributed by atoms with van der Waals surface area (Å²) in [7, 11) is 32.3. The Labute approximate surface area is 274 Å². The average Bonchev–Trinajstić information content (AvgIpc) is 3.48. The van der Waals surface area contributed by atoms with Crippen molar-refractivity contribution < 1.29 is 0 Å². The summed E-state index contributed by atoms with van der Waals surface area (Å²) in [6.45, 7) is 0. The highest BCUT2D eigenvalue weighted by Crippen LogP contribution is 2.44. The maximum Gasteiger partial charge on any atom is 0.146 e. The van der Waals surface area contributed by atoms with Gasteiger partial charge in [0.25, 0.3) is 0 Å². The van der Waals surface area contributed by atoms with Gasteiger partial charge in [-0.05, 0) is 55.9 Å². The monoisotopic (exact) mass is 572 g/mol. The zero-order valence-electron chi connectivity index (χ0n) is 24.9. The predicted molar refractivity (Wildman–Crippen MR) is 199 cm³/mol. The van der Waals surface area contributed by atoms with Crippen molar-refractivity contribution in [3.05, 3.63) is 127 Å². The second-order valence-electron chi connectivity index (χ2n) is 11.5. The second kappa shape index (κ2) is 11.0. The molecule has 0 spiro atoms. The van der Waals surface area contributed by atoms with Crippen molar-refractivity contribution in [2.24, 2.45) is 0 Å². The normalized spacial score (nSPS) is 11.5. The molecule has 1 heterocycles. The molecular weight excluding hydrogens is 551 g/mol. The van der Waals surface area contributed by atoms with Crippen LogP contribution in [0, 0.1) is 0 Å². The number of rotatable bonds is 4. The third-order valence-electron chi connectivity index (χ3n) is 8.89. The van der Waals surface area contributed by atoms with Gasteiger partial charge in [-0.15, -0.1) is 16.4 Å². The number of imidazole rings is 1. The fourth-order valence-electron chi connectivity index (χ4n) is 6.64. The van der Waals surface area contributed by atoms with Gasteiger partial charge in [-0.3, -0.25) is 4.57 Å². The van der Waals surface area contributed by atoms with E-state index in [2.05, 4.69) is 97.1 Å². The van der Waals surface area contributed by atoms with Gasteiger partial charge in [0.05, 0.1) is 11.0 Å². The summed E-state index contributed by atoms with van der Waals surface area (Å²) < 4.78 is 1.97. The first-order valence-electron chi connectivity index (χ1n) is 15.0. The highest BCUT2D eigenvalue weighted by molar-refractivity contribution is 6.68. The Morgan fingerprint density at radius 2 is 0.826 bits per heavy atom. The summed E-state index contributed by atoms with van der Waals surface area (Å²) in [5, 5.41) is 4.26. The third-order valence-corrected chi connectivity index (χ3v) is 8.89. The topological polar surface area (TPSA) is 17.8 Å².